The Morgan fingerprint density at radius 1 is 1.17 bits per heavy atom. The van der Waals surface area contributed by atoms with Crippen LogP contribution in [0.25, 0.3) is 0 Å². The van der Waals surface area contributed by atoms with Crippen molar-refractivity contribution in [2.45, 2.75) is 42.7 Å². The van der Waals surface area contributed by atoms with Crippen LogP contribution in [0.4, 0.5) is 0 Å². The molecular weight excluding hydrogens is 312 g/mol. The summed E-state index contributed by atoms with van der Waals surface area (Å²) in [5, 5.41) is 14.6. The quantitative estimate of drug-likeness (QED) is 0.862. The first-order valence-electron chi connectivity index (χ1n) is 7.79. The van der Waals surface area contributed by atoms with Gasteiger partial charge in [-0.25, -0.2) is 0 Å². The lowest BCUT2D eigenvalue weighted by Crippen LogP contribution is -2.27. The standard InChI is InChI=1S/C16H18N4O2S/c1-21-11-6-8-12(9-7-11)22-10-15-17-18-16-20(15)19-13-4-2-3-5-14(13)23-16/h6-9,14H,2-5,10H2,1H3/t14-/m1/s1. The molecule has 1 aromatic carbocycles. The number of methoxy groups -OCH3 is 1. The Kier molecular flexibility index (Phi) is 3.95. The molecule has 1 saturated carbocycles. The molecule has 7 heteroatoms. The number of fused-ring (bicyclic) bond motifs is 2. The number of nitrogens with zero attached hydrogens (tertiary/aromatic N) is 4. The first-order valence-corrected chi connectivity index (χ1v) is 8.67. The van der Waals surface area contributed by atoms with Crippen molar-refractivity contribution >= 4 is 17.5 Å². The van der Waals surface area contributed by atoms with Gasteiger partial charge in [0.15, 0.2) is 5.82 Å². The van der Waals surface area contributed by atoms with Crippen LogP contribution in [-0.4, -0.2) is 32.9 Å². The van der Waals surface area contributed by atoms with E-state index in [-0.39, 0.29) is 0 Å². The summed E-state index contributed by atoms with van der Waals surface area (Å²) >= 11 is 1.77. The predicted molar refractivity (Wildman–Crippen MR) is 88.3 cm³/mol. The third kappa shape index (κ3) is 2.93. The number of rotatable bonds is 4. The van der Waals surface area contributed by atoms with Gasteiger partial charge in [-0.1, -0.05) is 18.2 Å². The molecule has 2 heterocycles. The maximum Gasteiger partial charge on any atom is 0.212 e. The second-order valence-electron chi connectivity index (χ2n) is 5.62. The molecule has 0 spiro atoms. The Bertz CT molecular complexity index is 726. The van der Waals surface area contributed by atoms with Crippen LogP contribution in [0, 0.1) is 0 Å². The molecule has 0 amide bonds. The van der Waals surface area contributed by atoms with E-state index >= 15 is 0 Å². The molecule has 1 fully saturated rings. The number of ether oxygens (including phenoxy) is 2. The van der Waals surface area contributed by atoms with Crippen molar-refractivity contribution in [3.63, 3.8) is 0 Å². The van der Waals surface area contributed by atoms with E-state index < -0.39 is 0 Å². The summed E-state index contributed by atoms with van der Waals surface area (Å²) in [5.41, 5.74) is 1.26. The average Bonchev–Trinajstić information content (AvgIpc) is 3.00. The molecule has 0 radical (unpaired) electrons. The second kappa shape index (κ2) is 6.23. The minimum absolute atomic E-state index is 0.349. The van der Waals surface area contributed by atoms with E-state index in [2.05, 4.69) is 10.2 Å². The van der Waals surface area contributed by atoms with Gasteiger partial charge in [0.1, 0.15) is 18.1 Å². The van der Waals surface area contributed by atoms with Crippen molar-refractivity contribution in [3.8, 4) is 11.5 Å². The Labute approximate surface area is 138 Å². The van der Waals surface area contributed by atoms with Crippen molar-refractivity contribution in [2.24, 2.45) is 5.10 Å². The number of hydrogen-bond donors (Lipinski definition) is 0. The molecule has 6 nitrogen and oxygen atoms in total. The third-order valence-electron chi connectivity index (χ3n) is 4.10. The lowest BCUT2D eigenvalue weighted by atomic mass is 9.98. The van der Waals surface area contributed by atoms with Gasteiger partial charge in [-0.3, -0.25) is 0 Å². The van der Waals surface area contributed by atoms with Gasteiger partial charge in [0.25, 0.3) is 0 Å². The van der Waals surface area contributed by atoms with Crippen LogP contribution in [0.5, 0.6) is 11.5 Å². The highest BCUT2D eigenvalue weighted by Crippen LogP contribution is 2.35. The lowest BCUT2D eigenvalue weighted by Gasteiger charge is -2.26. The zero-order chi connectivity index (χ0) is 15.6. The largest absolute Gasteiger partial charge is 0.497 e. The van der Waals surface area contributed by atoms with Gasteiger partial charge in [-0.15, -0.1) is 10.2 Å². The van der Waals surface area contributed by atoms with E-state index in [0.717, 1.165) is 28.9 Å². The van der Waals surface area contributed by atoms with Crippen LogP contribution in [0.3, 0.4) is 0 Å². The van der Waals surface area contributed by atoms with Gasteiger partial charge in [-0.2, -0.15) is 9.78 Å². The van der Waals surface area contributed by atoms with E-state index in [4.69, 9.17) is 14.6 Å². The molecular formula is C16H18N4O2S. The van der Waals surface area contributed by atoms with E-state index in [1.54, 1.807) is 18.9 Å². The summed E-state index contributed by atoms with van der Waals surface area (Å²) in [6.45, 7) is 0.349. The lowest BCUT2D eigenvalue weighted by molar-refractivity contribution is 0.289. The number of benzene rings is 1. The summed E-state index contributed by atoms with van der Waals surface area (Å²) in [7, 11) is 1.65. The molecule has 1 atom stereocenters. The molecule has 23 heavy (non-hydrogen) atoms. The molecule has 0 bridgehead atoms. The van der Waals surface area contributed by atoms with Crippen LogP contribution in [-0.2, 0) is 6.61 Å². The monoisotopic (exact) mass is 330 g/mol. The number of hydrogen-bond acceptors (Lipinski definition) is 6. The molecule has 2 aliphatic rings. The van der Waals surface area contributed by atoms with Crippen molar-refractivity contribution < 1.29 is 9.47 Å². The van der Waals surface area contributed by atoms with Gasteiger partial charge in [0.05, 0.1) is 18.1 Å². The van der Waals surface area contributed by atoms with E-state index in [1.807, 2.05) is 28.9 Å². The molecule has 0 N–H and O–H groups in total. The maximum atomic E-state index is 5.79. The van der Waals surface area contributed by atoms with Crippen molar-refractivity contribution in [1.29, 1.82) is 0 Å². The van der Waals surface area contributed by atoms with Gasteiger partial charge >= 0.3 is 0 Å². The maximum absolute atomic E-state index is 5.79. The number of thioether (sulfide) groups is 1. The van der Waals surface area contributed by atoms with Crippen LogP contribution >= 0.6 is 11.8 Å². The van der Waals surface area contributed by atoms with Crippen LogP contribution < -0.4 is 9.47 Å². The molecule has 120 valence electrons. The summed E-state index contributed by atoms with van der Waals surface area (Å²) in [6, 6.07) is 7.50. The molecule has 4 rings (SSSR count). The zero-order valence-electron chi connectivity index (χ0n) is 12.9. The van der Waals surface area contributed by atoms with Gasteiger partial charge in [0.2, 0.25) is 5.16 Å². The zero-order valence-corrected chi connectivity index (χ0v) is 13.8. The van der Waals surface area contributed by atoms with Crippen molar-refractivity contribution in [2.75, 3.05) is 7.11 Å². The minimum atomic E-state index is 0.349. The summed E-state index contributed by atoms with van der Waals surface area (Å²) in [6.07, 6.45) is 4.77. The van der Waals surface area contributed by atoms with Crippen LogP contribution in [0.15, 0.2) is 34.5 Å². The fourth-order valence-corrected chi connectivity index (χ4v) is 4.01. The van der Waals surface area contributed by atoms with Crippen molar-refractivity contribution in [1.82, 2.24) is 14.9 Å². The summed E-state index contributed by atoms with van der Waals surface area (Å²) in [4.78, 5) is 0. The van der Waals surface area contributed by atoms with Gasteiger partial charge in [0, 0.05) is 0 Å². The first-order chi connectivity index (χ1) is 11.3. The van der Waals surface area contributed by atoms with E-state index in [1.165, 1.54) is 25.0 Å². The van der Waals surface area contributed by atoms with Gasteiger partial charge < -0.3 is 9.47 Å². The molecule has 0 saturated heterocycles. The van der Waals surface area contributed by atoms with Crippen LogP contribution in [0.1, 0.15) is 31.5 Å². The van der Waals surface area contributed by atoms with Crippen LogP contribution in [0.2, 0.25) is 0 Å². The second-order valence-corrected chi connectivity index (χ2v) is 6.79. The highest BCUT2D eigenvalue weighted by Gasteiger charge is 2.29. The molecule has 1 aliphatic carbocycles. The Morgan fingerprint density at radius 3 is 2.83 bits per heavy atom. The normalized spacial score (nSPS) is 19.5. The SMILES string of the molecule is COc1ccc(OCc2nnc3n2N=C2CCCC[C@H]2S3)cc1. The molecule has 2 aromatic rings. The Balaban J connectivity index is 1.49. The third-order valence-corrected chi connectivity index (χ3v) is 5.36. The average molecular weight is 330 g/mol. The highest BCUT2D eigenvalue weighted by molar-refractivity contribution is 8.00. The summed E-state index contributed by atoms with van der Waals surface area (Å²) < 4.78 is 12.8. The minimum Gasteiger partial charge on any atom is -0.497 e. The van der Waals surface area contributed by atoms with Gasteiger partial charge in [-0.05, 0) is 43.5 Å². The van der Waals surface area contributed by atoms with E-state index in [0.29, 0.717) is 11.9 Å². The number of aromatic nitrogens is 3. The summed E-state index contributed by atoms with van der Waals surface area (Å²) in [5.74, 6) is 2.32. The fourth-order valence-electron chi connectivity index (χ4n) is 2.84. The molecule has 1 aromatic heterocycles. The Hall–Kier alpha value is -2.02. The van der Waals surface area contributed by atoms with Crippen molar-refractivity contribution in [3.05, 3.63) is 30.1 Å². The predicted octanol–water partition coefficient (Wildman–Crippen LogP) is 3.12. The first kappa shape index (κ1) is 14.6. The fraction of sp³-hybridized carbons (Fsp3) is 0.438. The molecule has 0 unspecified atom stereocenters. The molecule has 1 aliphatic heterocycles. The Morgan fingerprint density at radius 2 is 2.00 bits per heavy atom. The highest BCUT2D eigenvalue weighted by atomic mass is 32.2. The smallest absolute Gasteiger partial charge is 0.212 e. The topological polar surface area (TPSA) is 61.5 Å². The van der Waals surface area contributed by atoms with E-state index in [9.17, 15) is 0 Å².